The van der Waals surface area contributed by atoms with E-state index in [0.717, 1.165) is 11.3 Å². The maximum Gasteiger partial charge on any atom is 0.180 e. The number of aromatic nitrogens is 2. The van der Waals surface area contributed by atoms with Gasteiger partial charge in [-0.05, 0) is 30.9 Å². The fraction of sp³-hybridized carbons (Fsp3) is 0.385. The van der Waals surface area contributed by atoms with Gasteiger partial charge in [0.05, 0.1) is 5.69 Å². The Morgan fingerprint density at radius 2 is 2.12 bits per heavy atom. The molecule has 1 aliphatic rings. The van der Waals surface area contributed by atoms with Crippen LogP contribution in [0.4, 0.5) is 5.13 Å². The number of nitrogens with two attached hydrogens (primary N) is 1. The minimum absolute atomic E-state index is 0.653. The summed E-state index contributed by atoms with van der Waals surface area (Å²) >= 11 is 1.65. The molecular formula is C13H15N3S. The van der Waals surface area contributed by atoms with Crippen molar-refractivity contribution in [2.24, 2.45) is 0 Å². The van der Waals surface area contributed by atoms with E-state index in [0.29, 0.717) is 11.0 Å². The van der Waals surface area contributed by atoms with Gasteiger partial charge in [0.2, 0.25) is 0 Å². The highest BCUT2D eigenvalue weighted by molar-refractivity contribution is 7.15. The topological polar surface area (TPSA) is 51.8 Å². The van der Waals surface area contributed by atoms with Crippen LogP contribution < -0.4 is 5.73 Å². The van der Waals surface area contributed by atoms with Gasteiger partial charge in [0.15, 0.2) is 5.13 Å². The smallest absolute Gasteiger partial charge is 0.180 e. The average Bonchev–Trinajstić information content (AvgIpc) is 2.98. The highest BCUT2D eigenvalue weighted by atomic mass is 32.1. The van der Waals surface area contributed by atoms with Gasteiger partial charge < -0.3 is 5.73 Å². The van der Waals surface area contributed by atoms with Crippen LogP contribution in [0.5, 0.6) is 0 Å². The standard InChI is InChI=1S/C13H15N3S/c14-13-16-11(10-6-3-7-15-8-10)12(17-13)9-4-1-2-5-9/h3,6-9H,1-2,4-5H2,(H2,14,16). The lowest BCUT2D eigenvalue weighted by Crippen LogP contribution is -1.92. The van der Waals surface area contributed by atoms with Crippen LogP contribution in [0.25, 0.3) is 11.3 Å². The Hall–Kier alpha value is -1.42. The molecule has 1 saturated carbocycles. The van der Waals surface area contributed by atoms with E-state index in [4.69, 9.17) is 5.73 Å². The molecule has 2 aromatic rings. The summed E-state index contributed by atoms with van der Waals surface area (Å²) in [7, 11) is 0. The summed E-state index contributed by atoms with van der Waals surface area (Å²) in [5, 5.41) is 0.672. The van der Waals surface area contributed by atoms with Crippen LogP contribution >= 0.6 is 11.3 Å². The minimum Gasteiger partial charge on any atom is -0.375 e. The monoisotopic (exact) mass is 245 g/mol. The summed E-state index contributed by atoms with van der Waals surface area (Å²) in [6.45, 7) is 0. The summed E-state index contributed by atoms with van der Waals surface area (Å²) in [4.78, 5) is 10.00. The number of anilines is 1. The molecule has 0 aliphatic heterocycles. The first-order chi connectivity index (χ1) is 8.34. The van der Waals surface area contributed by atoms with Crippen LogP contribution in [-0.2, 0) is 0 Å². The van der Waals surface area contributed by atoms with E-state index in [2.05, 4.69) is 16.0 Å². The van der Waals surface area contributed by atoms with Gasteiger partial charge in [-0.3, -0.25) is 4.98 Å². The zero-order chi connectivity index (χ0) is 11.7. The minimum atomic E-state index is 0.653. The molecule has 1 fully saturated rings. The lowest BCUT2D eigenvalue weighted by molar-refractivity contribution is 0.738. The number of nitrogen functional groups attached to an aromatic ring is 1. The van der Waals surface area contributed by atoms with E-state index in [9.17, 15) is 0 Å². The van der Waals surface area contributed by atoms with Crippen molar-refractivity contribution in [2.45, 2.75) is 31.6 Å². The first-order valence-corrected chi connectivity index (χ1v) is 6.83. The van der Waals surface area contributed by atoms with Crippen LogP contribution in [0.2, 0.25) is 0 Å². The molecule has 4 heteroatoms. The predicted molar refractivity (Wildman–Crippen MR) is 71.0 cm³/mol. The Kier molecular flexibility index (Phi) is 2.81. The molecule has 88 valence electrons. The Labute approximate surface area is 105 Å². The quantitative estimate of drug-likeness (QED) is 0.881. The van der Waals surface area contributed by atoms with Crippen molar-refractivity contribution in [1.29, 1.82) is 0 Å². The van der Waals surface area contributed by atoms with E-state index >= 15 is 0 Å². The molecule has 3 rings (SSSR count). The highest BCUT2D eigenvalue weighted by Gasteiger charge is 2.23. The van der Waals surface area contributed by atoms with Crippen LogP contribution in [-0.4, -0.2) is 9.97 Å². The fourth-order valence-electron chi connectivity index (χ4n) is 2.52. The Morgan fingerprint density at radius 1 is 1.29 bits per heavy atom. The van der Waals surface area contributed by atoms with E-state index in [1.807, 2.05) is 12.3 Å². The molecule has 0 unspecified atom stereocenters. The Morgan fingerprint density at radius 3 is 2.82 bits per heavy atom. The average molecular weight is 245 g/mol. The lowest BCUT2D eigenvalue weighted by atomic mass is 10.0. The molecule has 17 heavy (non-hydrogen) atoms. The molecule has 0 amide bonds. The normalized spacial score (nSPS) is 16.5. The summed E-state index contributed by atoms with van der Waals surface area (Å²) in [5.41, 5.74) is 8.01. The molecule has 0 saturated heterocycles. The predicted octanol–water partition coefficient (Wildman–Crippen LogP) is 3.44. The van der Waals surface area contributed by atoms with Crippen molar-refractivity contribution in [3.8, 4) is 11.3 Å². The molecule has 3 nitrogen and oxygen atoms in total. The third-order valence-electron chi connectivity index (χ3n) is 3.33. The summed E-state index contributed by atoms with van der Waals surface area (Å²) in [5.74, 6) is 0.653. The number of hydrogen-bond acceptors (Lipinski definition) is 4. The van der Waals surface area contributed by atoms with E-state index in [1.54, 1.807) is 17.5 Å². The Bertz CT molecular complexity index is 501. The van der Waals surface area contributed by atoms with Gasteiger partial charge >= 0.3 is 0 Å². The molecule has 2 N–H and O–H groups in total. The fourth-order valence-corrected chi connectivity index (χ4v) is 3.55. The number of hydrogen-bond donors (Lipinski definition) is 1. The van der Waals surface area contributed by atoms with Crippen LogP contribution in [0.1, 0.15) is 36.5 Å². The molecular weight excluding hydrogens is 230 g/mol. The van der Waals surface area contributed by atoms with Crippen LogP contribution in [0.3, 0.4) is 0 Å². The second-order valence-electron chi connectivity index (χ2n) is 4.49. The van der Waals surface area contributed by atoms with E-state index < -0.39 is 0 Å². The van der Waals surface area contributed by atoms with Crippen molar-refractivity contribution in [3.63, 3.8) is 0 Å². The number of nitrogens with zero attached hydrogens (tertiary/aromatic N) is 2. The Balaban J connectivity index is 2.04. The molecule has 2 aromatic heterocycles. The summed E-state index contributed by atoms with van der Waals surface area (Å²) in [6, 6.07) is 4.00. The first kappa shape index (κ1) is 10.7. The highest BCUT2D eigenvalue weighted by Crippen LogP contribution is 2.42. The molecule has 0 atom stereocenters. The summed E-state index contributed by atoms with van der Waals surface area (Å²) < 4.78 is 0. The lowest BCUT2D eigenvalue weighted by Gasteiger charge is -2.08. The third-order valence-corrected chi connectivity index (χ3v) is 4.38. The number of rotatable bonds is 2. The maximum atomic E-state index is 5.87. The molecule has 1 aliphatic carbocycles. The molecule has 2 heterocycles. The van der Waals surface area contributed by atoms with Crippen molar-refractivity contribution >= 4 is 16.5 Å². The molecule has 0 spiro atoms. The van der Waals surface area contributed by atoms with Crippen molar-refractivity contribution in [1.82, 2.24) is 9.97 Å². The van der Waals surface area contributed by atoms with Crippen molar-refractivity contribution in [2.75, 3.05) is 5.73 Å². The van der Waals surface area contributed by atoms with Crippen LogP contribution in [0, 0.1) is 0 Å². The van der Waals surface area contributed by atoms with Gasteiger partial charge in [-0.25, -0.2) is 4.98 Å². The zero-order valence-electron chi connectivity index (χ0n) is 9.60. The van der Waals surface area contributed by atoms with Gasteiger partial charge in [-0.1, -0.05) is 12.8 Å². The molecule has 0 aromatic carbocycles. The van der Waals surface area contributed by atoms with Crippen molar-refractivity contribution in [3.05, 3.63) is 29.4 Å². The van der Waals surface area contributed by atoms with E-state index in [1.165, 1.54) is 30.6 Å². The second-order valence-corrected chi connectivity index (χ2v) is 5.55. The van der Waals surface area contributed by atoms with Gasteiger partial charge in [-0.2, -0.15) is 0 Å². The molecule has 0 radical (unpaired) electrons. The maximum absolute atomic E-state index is 5.87. The van der Waals surface area contributed by atoms with Gasteiger partial charge in [-0.15, -0.1) is 11.3 Å². The van der Waals surface area contributed by atoms with Crippen molar-refractivity contribution < 1.29 is 0 Å². The zero-order valence-corrected chi connectivity index (χ0v) is 10.4. The van der Waals surface area contributed by atoms with Gasteiger partial charge in [0.25, 0.3) is 0 Å². The first-order valence-electron chi connectivity index (χ1n) is 6.01. The van der Waals surface area contributed by atoms with Crippen LogP contribution in [0.15, 0.2) is 24.5 Å². The third kappa shape index (κ3) is 2.05. The molecule has 0 bridgehead atoms. The van der Waals surface area contributed by atoms with Gasteiger partial charge in [0, 0.05) is 22.8 Å². The second kappa shape index (κ2) is 4.45. The largest absolute Gasteiger partial charge is 0.375 e. The van der Waals surface area contributed by atoms with E-state index in [-0.39, 0.29) is 0 Å². The van der Waals surface area contributed by atoms with Gasteiger partial charge in [0.1, 0.15) is 0 Å². The number of thiazole rings is 1. The summed E-state index contributed by atoms with van der Waals surface area (Å²) in [6.07, 6.45) is 8.86. The number of pyridine rings is 1. The SMILES string of the molecule is Nc1nc(-c2cccnc2)c(C2CCCC2)s1.